The fourth-order valence-electron chi connectivity index (χ4n) is 1.77. The van der Waals surface area contributed by atoms with Gasteiger partial charge >= 0.3 is 58.9 Å². The Morgan fingerprint density at radius 2 is 1.08 bits per heavy atom. The van der Waals surface area contributed by atoms with E-state index in [0.717, 1.165) is 0 Å². The average Bonchev–Trinajstić information content (AvgIpc) is 2.34. The van der Waals surface area contributed by atoms with Crippen LogP contribution in [0.15, 0.2) is 0 Å². The SMILES string of the molecule is O=C(O)CC(O)(CC(=O)OC(CC(=O)O)(CC(=O)O)C(=O)O)C(=O)O.[H-].[H-].[Mg+2]. The summed E-state index contributed by atoms with van der Waals surface area (Å²) >= 11 is 0. The fourth-order valence-corrected chi connectivity index (χ4v) is 1.77. The maximum atomic E-state index is 11.7. The standard InChI is InChI=1S/C12H14O13.Mg.2H/c13-5(14)1-11(24,9(20)21)4-8(19)25-12(10(22)23,2-6(15)16)3-7(17)18;;;/h24H,1-4H2,(H,13,14)(H,15,16)(H,17,18)(H,20,21)(H,22,23);;;/q;+2;2*-1. The third kappa shape index (κ3) is 7.62. The van der Waals surface area contributed by atoms with Gasteiger partial charge in [-0.15, -0.1) is 0 Å². The summed E-state index contributed by atoms with van der Waals surface area (Å²) in [6.07, 6.45) is -5.94. The summed E-state index contributed by atoms with van der Waals surface area (Å²) < 4.78 is 4.33. The first kappa shape index (κ1) is 25.8. The molecule has 0 bridgehead atoms. The maximum Gasteiger partial charge on any atom is 2.00 e. The summed E-state index contributed by atoms with van der Waals surface area (Å²) in [5.74, 6) is -11.6. The molecule has 0 aromatic heterocycles. The zero-order valence-corrected chi connectivity index (χ0v) is 14.5. The zero-order valence-electron chi connectivity index (χ0n) is 15.1. The van der Waals surface area contributed by atoms with Crippen LogP contribution in [-0.2, 0) is 33.5 Å². The zero-order chi connectivity index (χ0) is 20.0. The van der Waals surface area contributed by atoms with Gasteiger partial charge in [0.05, 0.1) is 25.7 Å². The predicted molar refractivity (Wildman–Crippen MR) is 78.4 cm³/mol. The van der Waals surface area contributed by atoms with E-state index in [1.54, 1.807) is 0 Å². The molecule has 0 spiro atoms. The van der Waals surface area contributed by atoms with Gasteiger partial charge in [0.25, 0.3) is 0 Å². The minimum atomic E-state index is -3.17. The number of carboxylic acid groups (broad SMARTS) is 5. The number of aliphatic carboxylic acids is 5. The van der Waals surface area contributed by atoms with Crippen LogP contribution in [0.5, 0.6) is 0 Å². The molecule has 14 heteroatoms. The number of ether oxygens (including phenoxy) is 1. The first-order valence-corrected chi connectivity index (χ1v) is 6.30. The van der Waals surface area contributed by atoms with Gasteiger partial charge in [-0.3, -0.25) is 19.2 Å². The summed E-state index contributed by atoms with van der Waals surface area (Å²) in [5.41, 5.74) is -6.24. The molecule has 0 aromatic rings. The molecular formula is C12H16MgO13. The molecule has 0 aromatic carbocycles. The molecule has 0 saturated heterocycles. The Bertz CT molecular complexity index is 607. The number of carbonyl (C=O) groups excluding carboxylic acids is 1. The molecule has 0 amide bonds. The van der Waals surface area contributed by atoms with Gasteiger partial charge in [0.2, 0.25) is 5.60 Å². The minimum Gasteiger partial charge on any atom is -1.00 e. The molecule has 13 nitrogen and oxygen atoms in total. The van der Waals surface area contributed by atoms with Crippen molar-refractivity contribution in [1.82, 2.24) is 0 Å². The Morgan fingerprint density at radius 1 is 0.692 bits per heavy atom. The Kier molecular flexibility index (Phi) is 9.80. The van der Waals surface area contributed by atoms with Crippen LogP contribution in [0.25, 0.3) is 0 Å². The van der Waals surface area contributed by atoms with Crippen molar-refractivity contribution < 1.29 is 67.0 Å². The molecule has 0 radical (unpaired) electrons. The van der Waals surface area contributed by atoms with E-state index in [-0.39, 0.29) is 25.9 Å². The molecular weight excluding hydrogens is 376 g/mol. The summed E-state index contributed by atoms with van der Waals surface area (Å²) in [6.45, 7) is 0. The van der Waals surface area contributed by atoms with E-state index in [4.69, 9.17) is 25.5 Å². The van der Waals surface area contributed by atoms with Crippen LogP contribution in [0.1, 0.15) is 28.5 Å². The van der Waals surface area contributed by atoms with Gasteiger partial charge in [0, 0.05) is 0 Å². The molecule has 0 aliphatic heterocycles. The average molecular weight is 393 g/mol. The van der Waals surface area contributed by atoms with E-state index >= 15 is 0 Å². The number of hydrogen-bond acceptors (Lipinski definition) is 8. The van der Waals surface area contributed by atoms with Crippen LogP contribution in [-0.4, -0.2) is 101 Å². The molecule has 144 valence electrons. The molecule has 6 N–H and O–H groups in total. The minimum absolute atomic E-state index is 0. The number of esters is 1. The van der Waals surface area contributed by atoms with Gasteiger partial charge in [-0.2, -0.15) is 0 Å². The molecule has 1 unspecified atom stereocenters. The number of carbonyl (C=O) groups is 6. The number of hydrogen-bond donors (Lipinski definition) is 6. The normalized spacial score (nSPS) is 12.8. The molecule has 0 aliphatic carbocycles. The molecule has 0 heterocycles. The number of rotatable bonds is 11. The molecule has 1 atom stereocenters. The predicted octanol–water partition coefficient (Wildman–Crippen LogP) is -2.17. The van der Waals surface area contributed by atoms with Crippen LogP contribution in [0.3, 0.4) is 0 Å². The van der Waals surface area contributed by atoms with E-state index < -0.39 is 72.7 Å². The maximum absolute atomic E-state index is 11.7. The van der Waals surface area contributed by atoms with E-state index in [1.165, 1.54) is 0 Å². The summed E-state index contributed by atoms with van der Waals surface area (Å²) in [5, 5.41) is 53.5. The topological polar surface area (TPSA) is 233 Å². The van der Waals surface area contributed by atoms with Gasteiger partial charge in [0.15, 0.2) is 5.60 Å². The smallest absolute Gasteiger partial charge is 1.00 e. The molecule has 0 fully saturated rings. The second-order valence-electron chi connectivity index (χ2n) is 5.00. The van der Waals surface area contributed by atoms with Gasteiger partial charge in [0.1, 0.15) is 0 Å². The van der Waals surface area contributed by atoms with Gasteiger partial charge in [-0.1, -0.05) is 0 Å². The van der Waals surface area contributed by atoms with Crippen LogP contribution in [0, 0.1) is 0 Å². The van der Waals surface area contributed by atoms with E-state index in [2.05, 4.69) is 4.74 Å². The summed E-state index contributed by atoms with van der Waals surface area (Å²) in [4.78, 5) is 66.0. The van der Waals surface area contributed by atoms with Crippen LogP contribution in [0.2, 0.25) is 0 Å². The first-order chi connectivity index (χ1) is 11.2. The quantitative estimate of drug-likeness (QED) is 0.162. The number of carboxylic acids is 5. The third-order valence-corrected chi connectivity index (χ3v) is 2.85. The fraction of sp³-hybridized carbons (Fsp3) is 0.500. The van der Waals surface area contributed by atoms with Crippen LogP contribution < -0.4 is 0 Å². The van der Waals surface area contributed by atoms with Crippen molar-refractivity contribution in [3.63, 3.8) is 0 Å². The molecule has 26 heavy (non-hydrogen) atoms. The summed E-state index contributed by atoms with van der Waals surface area (Å²) in [7, 11) is 0. The first-order valence-electron chi connectivity index (χ1n) is 6.30. The van der Waals surface area contributed by atoms with Crippen molar-refractivity contribution in [3.05, 3.63) is 0 Å². The van der Waals surface area contributed by atoms with Gasteiger partial charge in [-0.05, 0) is 0 Å². The Morgan fingerprint density at radius 3 is 1.35 bits per heavy atom. The van der Waals surface area contributed by atoms with Crippen molar-refractivity contribution >= 4 is 58.9 Å². The van der Waals surface area contributed by atoms with Crippen molar-refractivity contribution in [2.75, 3.05) is 0 Å². The van der Waals surface area contributed by atoms with Crippen molar-refractivity contribution in [2.45, 2.75) is 36.9 Å². The van der Waals surface area contributed by atoms with Crippen molar-refractivity contribution in [1.29, 1.82) is 0 Å². The monoisotopic (exact) mass is 392 g/mol. The van der Waals surface area contributed by atoms with E-state index in [0.29, 0.717) is 0 Å². The van der Waals surface area contributed by atoms with Crippen molar-refractivity contribution in [3.8, 4) is 0 Å². The van der Waals surface area contributed by atoms with Gasteiger partial charge in [-0.25, -0.2) is 9.59 Å². The third-order valence-electron chi connectivity index (χ3n) is 2.85. The van der Waals surface area contributed by atoms with E-state index in [9.17, 15) is 33.9 Å². The van der Waals surface area contributed by atoms with Crippen molar-refractivity contribution in [2.24, 2.45) is 0 Å². The van der Waals surface area contributed by atoms with E-state index in [1.807, 2.05) is 0 Å². The van der Waals surface area contributed by atoms with Crippen LogP contribution >= 0.6 is 0 Å². The Balaban J connectivity index is -0.000000960. The Hall–Kier alpha value is -2.45. The van der Waals surface area contributed by atoms with Gasteiger partial charge < -0.3 is 38.2 Å². The molecule has 0 saturated carbocycles. The second-order valence-corrected chi connectivity index (χ2v) is 5.00. The van der Waals surface area contributed by atoms with Crippen LogP contribution in [0.4, 0.5) is 0 Å². The summed E-state index contributed by atoms with van der Waals surface area (Å²) in [6, 6.07) is 0. The second kappa shape index (κ2) is 9.88. The largest absolute Gasteiger partial charge is 2.00 e. The molecule has 0 rings (SSSR count). The Labute approximate surface area is 163 Å². The number of aliphatic hydroxyl groups is 1. The molecule has 0 aliphatic rings.